The normalized spacial score (nSPS) is 11.3. The Hall–Kier alpha value is -1.79. The lowest BCUT2D eigenvalue weighted by Gasteiger charge is -2.03. The molecule has 0 radical (unpaired) electrons. The van der Waals surface area contributed by atoms with Crippen LogP contribution in [0.5, 0.6) is 0 Å². The van der Waals surface area contributed by atoms with Crippen molar-refractivity contribution in [3.63, 3.8) is 0 Å². The largest absolute Gasteiger partial charge is 0.380 e. The van der Waals surface area contributed by atoms with Crippen molar-refractivity contribution in [1.82, 2.24) is 5.32 Å². The molecule has 1 aromatic rings. The van der Waals surface area contributed by atoms with Crippen LogP contribution in [0, 0.1) is 11.8 Å². The maximum Gasteiger partial charge on any atom is 0.216 e. The number of nitrogens with one attached hydrogen (secondary N) is 1. The average Bonchev–Trinajstić information content (AvgIpc) is 2.42. The van der Waals surface area contributed by atoms with E-state index in [9.17, 15) is 9.90 Å². The van der Waals surface area contributed by atoms with Crippen LogP contribution in [0.2, 0.25) is 0 Å². The molecule has 0 aromatic heterocycles. The van der Waals surface area contributed by atoms with Gasteiger partial charge in [-0.3, -0.25) is 4.79 Å². The standard InChI is InChI=1S/C17H23NO2/c1-3-6-17(20)11-10-16-8-4-7-15(13-16)9-5-12-18-14(2)19/h4,7-8,13,17,20H,3,5-6,9,12H2,1-2H3,(H,18,19). The molecule has 1 rings (SSSR count). The van der Waals surface area contributed by atoms with Crippen LogP contribution in [0.4, 0.5) is 0 Å². The topological polar surface area (TPSA) is 49.3 Å². The third-order valence-electron chi connectivity index (χ3n) is 2.89. The van der Waals surface area contributed by atoms with Crippen LogP contribution in [-0.4, -0.2) is 23.7 Å². The van der Waals surface area contributed by atoms with E-state index in [2.05, 4.69) is 23.2 Å². The van der Waals surface area contributed by atoms with E-state index < -0.39 is 6.10 Å². The zero-order chi connectivity index (χ0) is 14.8. The number of rotatable bonds is 6. The molecular weight excluding hydrogens is 250 g/mol. The zero-order valence-corrected chi connectivity index (χ0v) is 12.3. The summed E-state index contributed by atoms with van der Waals surface area (Å²) in [7, 11) is 0. The average molecular weight is 273 g/mol. The molecule has 3 heteroatoms. The highest BCUT2D eigenvalue weighted by molar-refractivity contribution is 5.72. The molecule has 1 atom stereocenters. The Kier molecular flexibility index (Phi) is 7.46. The van der Waals surface area contributed by atoms with E-state index in [0.717, 1.165) is 24.8 Å². The summed E-state index contributed by atoms with van der Waals surface area (Å²) in [6.45, 7) is 4.25. The Bertz CT molecular complexity index is 485. The Balaban J connectivity index is 2.50. The van der Waals surface area contributed by atoms with Crippen molar-refractivity contribution in [2.45, 2.75) is 45.6 Å². The van der Waals surface area contributed by atoms with Crippen LogP contribution in [-0.2, 0) is 11.2 Å². The van der Waals surface area contributed by atoms with E-state index in [1.54, 1.807) is 0 Å². The summed E-state index contributed by atoms with van der Waals surface area (Å²) in [5.74, 6) is 5.88. The lowest BCUT2D eigenvalue weighted by molar-refractivity contribution is -0.118. The number of hydrogen-bond acceptors (Lipinski definition) is 2. The van der Waals surface area contributed by atoms with Gasteiger partial charge in [0.05, 0.1) is 0 Å². The molecule has 0 saturated carbocycles. The summed E-state index contributed by atoms with van der Waals surface area (Å²) in [5, 5.41) is 12.4. The maximum absolute atomic E-state index is 10.8. The Morgan fingerprint density at radius 2 is 2.25 bits per heavy atom. The summed E-state index contributed by atoms with van der Waals surface area (Å²) in [6.07, 6.45) is 2.92. The van der Waals surface area contributed by atoms with Crippen LogP contribution < -0.4 is 5.32 Å². The van der Waals surface area contributed by atoms with Crippen LogP contribution in [0.25, 0.3) is 0 Å². The van der Waals surface area contributed by atoms with E-state index in [1.165, 1.54) is 12.5 Å². The van der Waals surface area contributed by atoms with Crippen molar-refractivity contribution in [2.75, 3.05) is 6.54 Å². The van der Waals surface area contributed by atoms with Crippen molar-refractivity contribution in [2.24, 2.45) is 0 Å². The van der Waals surface area contributed by atoms with Crippen LogP contribution in [0.1, 0.15) is 44.2 Å². The molecule has 1 aromatic carbocycles. The van der Waals surface area contributed by atoms with E-state index in [1.807, 2.05) is 25.1 Å². The maximum atomic E-state index is 10.8. The first kappa shape index (κ1) is 16.3. The van der Waals surface area contributed by atoms with E-state index in [0.29, 0.717) is 13.0 Å². The monoisotopic (exact) mass is 273 g/mol. The van der Waals surface area contributed by atoms with Gasteiger partial charge in [-0.05, 0) is 37.0 Å². The van der Waals surface area contributed by atoms with Crippen molar-refractivity contribution in [1.29, 1.82) is 0 Å². The van der Waals surface area contributed by atoms with Gasteiger partial charge in [0.25, 0.3) is 0 Å². The molecule has 0 aliphatic carbocycles. The first-order chi connectivity index (χ1) is 9.61. The summed E-state index contributed by atoms with van der Waals surface area (Å²) in [5.41, 5.74) is 2.13. The van der Waals surface area contributed by atoms with Gasteiger partial charge in [0, 0.05) is 19.0 Å². The fourth-order valence-corrected chi connectivity index (χ4v) is 1.87. The number of aliphatic hydroxyl groups excluding tert-OH is 1. The van der Waals surface area contributed by atoms with Gasteiger partial charge in [0.15, 0.2) is 0 Å². The lowest BCUT2D eigenvalue weighted by atomic mass is 10.1. The third-order valence-corrected chi connectivity index (χ3v) is 2.89. The van der Waals surface area contributed by atoms with Crippen LogP contribution >= 0.6 is 0 Å². The lowest BCUT2D eigenvalue weighted by Crippen LogP contribution is -2.21. The van der Waals surface area contributed by atoms with Gasteiger partial charge in [-0.1, -0.05) is 37.3 Å². The molecule has 3 nitrogen and oxygen atoms in total. The Morgan fingerprint density at radius 1 is 1.45 bits per heavy atom. The molecule has 2 N–H and O–H groups in total. The molecule has 1 amide bonds. The summed E-state index contributed by atoms with van der Waals surface area (Å²) in [4.78, 5) is 10.8. The predicted molar refractivity (Wildman–Crippen MR) is 81.2 cm³/mol. The van der Waals surface area contributed by atoms with Crippen LogP contribution in [0.15, 0.2) is 24.3 Å². The number of carbonyl (C=O) groups is 1. The van der Waals surface area contributed by atoms with Crippen molar-refractivity contribution < 1.29 is 9.90 Å². The molecule has 0 bridgehead atoms. The number of hydrogen-bond donors (Lipinski definition) is 2. The van der Waals surface area contributed by atoms with E-state index in [-0.39, 0.29) is 5.91 Å². The molecule has 0 saturated heterocycles. The number of carbonyl (C=O) groups excluding carboxylic acids is 1. The van der Waals surface area contributed by atoms with Crippen molar-refractivity contribution >= 4 is 5.91 Å². The van der Waals surface area contributed by atoms with E-state index in [4.69, 9.17) is 0 Å². The smallest absolute Gasteiger partial charge is 0.216 e. The Morgan fingerprint density at radius 3 is 2.95 bits per heavy atom. The predicted octanol–water partition coefficient (Wildman–Crippen LogP) is 2.27. The highest BCUT2D eigenvalue weighted by Gasteiger charge is 1.97. The third kappa shape index (κ3) is 6.96. The van der Waals surface area contributed by atoms with E-state index >= 15 is 0 Å². The van der Waals surface area contributed by atoms with Gasteiger partial charge in [0.2, 0.25) is 5.91 Å². The minimum absolute atomic E-state index is 0.00882. The van der Waals surface area contributed by atoms with Gasteiger partial charge < -0.3 is 10.4 Å². The molecule has 0 aliphatic rings. The number of aryl methyl sites for hydroxylation is 1. The van der Waals surface area contributed by atoms with Crippen LogP contribution in [0.3, 0.4) is 0 Å². The quantitative estimate of drug-likeness (QED) is 0.617. The second kappa shape index (κ2) is 9.17. The second-order valence-corrected chi connectivity index (χ2v) is 4.86. The molecule has 1 unspecified atom stereocenters. The van der Waals surface area contributed by atoms with Gasteiger partial charge in [0.1, 0.15) is 6.10 Å². The van der Waals surface area contributed by atoms with Gasteiger partial charge in [-0.25, -0.2) is 0 Å². The molecule has 0 spiro atoms. The second-order valence-electron chi connectivity index (χ2n) is 4.86. The fourth-order valence-electron chi connectivity index (χ4n) is 1.87. The summed E-state index contributed by atoms with van der Waals surface area (Å²) < 4.78 is 0. The van der Waals surface area contributed by atoms with Crippen molar-refractivity contribution in [3.05, 3.63) is 35.4 Å². The summed E-state index contributed by atoms with van der Waals surface area (Å²) >= 11 is 0. The molecule has 20 heavy (non-hydrogen) atoms. The fraction of sp³-hybridized carbons (Fsp3) is 0.471. The number of benzene rings is 1. The molecule has 0 fully saturated rings. The first-order valence-electron chi connectivity index (χ1n) is 7.14. The first-order valence-corrected chi connectivity index (χ1v) is 7.14. The minimum atomic E-state index is -0.538. The zero-order valence-electron chi connectivity index (χ0n) is 12.3. The number of aliphatic hydroxyl groups is 1. The highest BCUT2D eigenvalue weighted by atomic mass is 16.3. The molecule has 108 valence electrons. The Labute approximate surface area is 121 Å². The number of amides is 1. The molecule has 0 aliphatic heterocycles. The van der Waals surface area contributed by atoms with Gasteiger partial charge >= 0.3 is 0 Å². The molecule has 0 heterocycles. The SMILES string of the molecule is CCCC(O)C#Cc1cccc(CCCNC(C)=O)c1. The molecular formula is C17H23NO2. The van der Waals surface area contributed by atoms with Gasteiger partial charge in [-0.2, -0.15) is 0 Å². The van der Waals surface area contributed by atoms with Gasteiger partial charge in [-0.15, -0.1) is 0 Å². The van der Waals surface area contributed by atoms with Crippen molar-refractivity contribution in [3.8, 4) is 11.8 Å². The highest BCUT2D eigenvalue weighted by Crippen LogP contribution is 2.07. The summed E-state index contributed by atoms with van der Waals surface area (Å²) in [6, 6.07) is 8.02. The minimum Gasteiger partial charge on any atom is -0.380 e.